The Hall–Kier alpha value is -2.28. The Morgan fingerprint density at radius 2 is 1.73 bits per heavy atom. The Labute approximate surface area is 132 Å². The Kier molecular flexibility index (Phi) is 4.75. The summed E-state index contributed by atoms with van der Waals surface area (Å²) < 4.78 is 6.07. The lowest BCUT2D eigenvalue weighted by atomic mass is 10.0. The van der Waals surface area contributed by atoms with Gasteiger partial charge in [-0.05, 0) is 24.5 Å². The van der Waals surface area contributed by atoms with E-state index in [4.69, 9.17) is 4.42 Å². The molecule has 0 radical (unpaired) electrons. The first-order valence-electron chi connectivity index (χ1n) is 8.09. The minimum Gasteiger partial charge on any atom is -0.461 e. The van der Waals surface area contributed by atoms with Crippen molar-refractivity contribution >= 4 is 17.0 Å². The number of para-hydroxylation sites is 1. The van der Waals surface area contributed by atoms with Crippen molar-refractivity contribution in [2.75, 3.05) is 0 Å². The van der Waals surface area contributed by atoms with Crippen LogP contribution in [0.25, 0.3) is 17.0 Å². The van der Waals surface area contributed by atoms with Gasteiger partial charge in [-0.25, -0.2) is 0 Å². The molecule has 0 atom stereocenters. The van der Waals surface area contributed by atoms with Gasteiger partial charge in [0, 0.05) is 17.4 Å². The summed E-state index contributed by atoms with van der Waals surface area (Å²) >= 11 is 0. The summed E-state index contributed by atoms with van der Waals surface area (Å²) in [6.07, 6.45) is 8.74. The second kappa shape index (κ2) is 7.13. The van der Waals surface area contributed by atoms with Gasteiger partial charge in [-0.1, -0.05) is 74.0 Å². The molecule has 0 saturated heterocycles. The van der Waals surface area contributed by atoms with Crippen LogP contribution in [0.15, 0.2) is 65.1 Å². The van der Waals surface area contributed by atoms with Crippen LogP contribution >= 0.6 is 0 Å². The highest BCUT2D eigenvalue weighted by molar-refractivity contribution is 5.82. The van der Waals surface area contributed by atoms with Crippen LogP contribution in [-0.4, -0.2) is 0 Å². The van der Waals surface area contributed by atoms with E-state index >= 15 is 0 Å². The van der Waals surface area contributed by atoms with Crippen molar-refractivity contribution in [3.8, 4) is 0 Å². The van der Waals surface area contributed by atoms with Gasteiger partial charge in [0.25, 0.3) is 0 Å². The largest absolute Gasteiger partial charge is 0.461 e. The van der Waals surface area contributed by atoms with Crippen molar-refractivity contribution in [1.29, 1.82) is 0 Å². The lowest BCUT2D eigenvalue weighted by molar-refractivity contribution is 0.531. The Balaban J connectivity index is 1.86. The van der Waals surface area contributed by atoms with E-state index in [1.807, 2.05) is 12.1 Å². The van der Waals surface area contributed by atoms with E-state index in [-0.39, 0.29) is 0 Å². The molecule has 3 aromatic rings. The lowest BCUT2D eigenvalue weighted by Gasteiger charge is -2.00. The number of fused-ring (bicyclic) bond motifs is 1. The second-order valence-electron chi connectivity index (χ2n) is 5.62. The molecule has 0 aliphatic carbocycles. The molecule has 0 spiro atoms. The zero-order valence-corrected chi connectivity index (χ0v) is 13.1. The number of furan rings is 1. The maximum atomic E-state index is 6.07. The average Bonchev–Trinajstić information content (AvgIpc) is 2.92. The number of unbranched alkanes of at least 4 members (excludes halogenated alkanes) is 1. The van der Waals surface area contributed by atoms with Gasteiger partial charge in [0.1, 0.15) is 11.3 Å². The summed E-state index contributed by atoms with van der Waals surface area (Å²) in [6.45, 7) is 2.22. The van der Waals surface area contributed by atoms with E-state index in [1.165, 1.54) is 29.4 Å². The maximum absolute atomic E-state index is 6.07. The topological polar surface area (TPSA) is 13.1 Å². The first-order valence-corrected chi connectivity index (χ1v) is 8.09. The first-order chi connectivity index (χ1) is 10.9. The predicted octanol–water partition coefficient (Wildman–Crippen LogP) is 6.03. The van der Waals surface area contributed by atoms with Crippen LogP contribution in [0.5, 0.6) is 0 Å². The van der Waals surface area contributed by atoms with Crippen LogP contribution < -0.4 is 0 Å². The SMILES string of the molecule is CCCCc1oc2ccccc2c1C/C=C/c1ccccc1. The van der Waals surface area contributed by atoms with Gasteiger partial charge in [-0.2, -0.15) is 0 Å². The molecule has 0 fully saturated rings. The summed E-state index contributed by atoms with van der Waals surface area (Å²) in [6, 6.07) is 18.8. The van der Waals surface area contributed by atoms with E-state index < -0.39 is 0 Å². The van der Waals surface area contributed by atoms with Crippen molar-refractivity contribution in [1.82, 2.24) is 0 Å². The molecule has 0 unspecified atom stereocenters. The maximum Gasteiger partial charge on any atom is 0.134 e. The fraction of sp³-hybridized carbons (Fsp3) is 0.238. The molecule has 1 heteroatoms. The van der Waals surface area contributed by atoms with E-state index in [0.717, 1.165) is 24.2 Å². The normalized spacial score (nSPS) is 11.5. The molecule has 0 saturated carbocycles. The molecule has 1 nitrogen and oxygen atoms in total. The van der Waals surface area contributed by atoms with Gasteiger partial charge in [0.05, 0.1) is 0 Å². The van der Waals surface area contributed by atoms with E-state index in [0.29, 0.717) is 0 Å². The van der Waals surface area contributed by atoms with Gasteiger partial charge >= 0.3 is 0 Å². The van der Waals surface area contributed by atoms with Crippen LogP contribution in [0, 0.1) is 0 Å². The third kappa shape index (κ3) is 3.30. The smallest absolute Gasteiger partial charge is 0.134 e. The third-order valence-electron chi connectivity index (χ3n) is 3.97. The van der Waals surface area contributed by atoms with Gasteiger partial charge < -0.3 is 4.42 Å². The minimum absolute atomic E-state index is 0.922. The summed E-state index contributed by atoms with van der Waals surface area (Å²) in [7, 11) is 0. The molecule has 0 N–H and O–H groups in total. The highest BCUT2D eigenvalue weighted by Gasteiger charge is 2.11. The summed E-state index contributed by atoms with van der Waals surface area (Å²) in [5, 5.41) is 1.26. The highest BCUT2D eigenvalue weighted by atomic mass is 16.3. The fourth-order valence-corrected chi connectivity index (χ4v) is 2.79. The summed E-state index contributed by atoms with van der Waals surface area (Å²) in [5.41, 5.74) is 3.60. The monoisotopic (exact) mass is 290 g/mol. The molecule has 0 bridgehead atoms. The van der Waals surface area contributed by atoms with Gasteiger partial charge in [0.15, 0.2) is 0 Å². The molecular formula is C21H22O. The van der Waals surface area contributed by atoms with Crippen LogP contribution in [0.4, 0.5) is 0 Å². The third-order valence-corrected chi connectivity index (χ3v) is 3.97. The highest BCUT2D eigenvalue weighted by Crippen LogP contribution is 2.28. The number of rotatable bonds is 6. The van der Waals surface area contributed by atoms with E-state index in [2.05, 4.69) is 61.5 Å². The molecule has 0 aliphatic rings. The number of hydrogen-bond donors (Lipinski definition) is 0. The van der Waals surface area contributed by atoms with Crippen molar-refractivity contribution in [3.05, 3.63) is 77.6 Å². The Bertz CT molecular complexity index is 750. The van der Waals surface area contributed by atoms with Gasteiger partial charge in [-0.15, -0.1) is 0 Å². The molecule has 22 heavy (non-hydrogen) atoms. The van der Waals surface area contributed by atoms with Crippen molar-refractivity contribution in [2.24, 2.45) is 0 Å². The van der Waals surface area contributed by atoms with Crippen LogP contribution in [0.2, 0.25) is 0 Å². The Morgan fingerprint density at radius 1 is 0.955 bits per heavy atom. The zero-order chi connectivity index (χ0) is 15.2. The number of allylic oxidation sites excluding steroid dienone is 1. The lowest BCUT2D eigenvalue weighted by Crippen LogP contribution is -1.89. The molecule has 0 aliphatic heterocycles. The summed E-state index contributed by atoms with van der Waals surface area (Å²) in [5.74, 6) is 1.15. The fourth-order valence-electron chi connectivity index (χ4n) is 2.79. The molecular weight excluding hydrogens is 268 g/mol. The molecule has 1 heterocycles. The predicted molar refractivity (Wildman–Crippen MR) is 94.0 cm³/mol. The van der Waals surface area contributed by atoms with Gasteiger partial charge in [0.2, 0.25) is 0 Å². The van der Waals surface area contributed by atoms with Crippen LogP contribution in [-0.2, 0) is 12.8 Å². The molecule has 0 amide bonds. The zero-order valence-electron chi connectivity index (χ0n) is 13.1. The minimum atomic E-state index is 0.922. The molecule has 2 aromatic carbocycles. The number of hydrogen-bond acceptors (Lipinski definition) is 1. The van der Waals surface area contributed by atoms with Crippen molar-refractivity contribution in [3.63, 3.8) is 0 Å². The average molecular weight is 290 g/mol. The number of aryl methyl sites for hydroxylation is 1. The van der Waals surface area contributed by atoms with E-state index in [9.17, 15) is 0 Å². The Morgan fingerprint density at radius 3 is 2.55 bits per heavy atom. The molecule has 3 rings (SSSR count). The second-order valence-corrected chi connectivity index (χ2v) is 5.62. The van der Waals surface area contributed by atoms with E-state index in [1.54, 1.807) is 0 Å². The molecule has 1 aromatic heterocycles. The van der Waals surface area contributed by atoms with Crippen LogP contribution in [0.3, 0.4) is 0 Å². The molecule has 112 valence electrons. The summed E-state index contributed by atoms with van der Waals surface area (Å²) in [4.78, 5) is 0. The van der Waals surface area contributed by atoms with Crippen molar-refractivity contribution in [2.45, 2.75) is 32.6 Å². The van der Waals surface area contributed by atoms with Crippen LogP contribution in [0.1, 0.15) is 36.7 Å². The first kappa shape index (κ1) is 14.6. The van der Waals surface area contributed by atoms with Gasteiger partial charge in [-0.3, -0.25) is 0 Å². The number of benzene rings is 2. The standard InChI is InChI=1S/C21H22O/c1-2-3-15-20-19(18-13-7-8-16-21(18)22-20)14-9-12-17-10-5-4-6-11-17/h4-13,16H,2-3,14-15H2,1H3/b12-9+. The van der Waals surface area contributed by atoms with Crippen molar-refractivity contribution < 1.29 is 4.42 Å². The quantitative estimate of drug-likeness (QED) is 0.540.